The minimum Gasteiger partial charge on any atom is -0.372 e. The number of piperidine rings is 1. The van der Waals surface area contributed by atoms with Gasteiger partial charge >= 0.3 is 0 Å². The van der Waals surface area contributed by atoms with Crippen molar-refractivity contribution in [1.29, 1.82) is 0 Å². The van der Waals surface area contributed by atoms with Gasteiger partial charge in [0.25, 0.3) is 0 Å². The van der Waals surface area contributed by atoms with Crippen LogP contribution in [0.4, 0.5) is 0 Å². The first-order valence-corrected chi connectivity index (χ1v) is 7.40. The predicted molar refractivity (Wildman–Crippen MR) is 74.7 cm³/mol. The SMILES string of the molecule is CN1CCC(CN(C)CC2CCC(CN)O2)CC1. The number of likely N-dealkylation sites (N-methyl/N-ethyl adjacent to an activating group) is 1. The van der Waals surface area contributed by atoms with Crippen LogP contribution in [-0.4, -0.2) is 68.8 Å². The number of hydrogen-bond acceptors (Lipinski definition) is 4. The molecule has 0 saturated carbocycles. The molecule has 106 valence electrons. The summed E-state index contributed by atoms with van der Waals surface area (Å²) >= 11 is 0. The summed E-state index contributed by atoms with van der Waals surface area (Å²) in [4.78, 5) is 4.89. The van der Waals surface area contributed by atoms with E-state index >= 15 is 0 Å². The molecule has 0 bridgehead atoms. The Bertz CT molecular complexity index is 237. The summed E-state index contributed by atoms with van der Waals surface area (Å²) in [6.45, 7) is 5.49. The van der Waals surface area contributed by atoms with E-state index in [9.17, 15) is 0 Å². The zero-order valence-electron chi connectivity index (χ0n) is 12.0. The molecule has 2 fully saturated rings. The Morgan fingerprint density at radius 1 is 1.11 bits per heavy atom. The van der Waals surface area contributed by atoms with E-state index < -0.39 is 0 Å². The molecule has 0 aromatic carbocycles. The third-order valence-corrected chi connectivity index (χ3v) is 4.38. The fourth-order valence-corrected chi connectivity index (χ4v) is 3.20. The summed E-state index contributed by atoms with van der Waals surface area (Å²) in [5.41, 5.74) is 5.65. The van der Waals surface area contributed by atoms with Crippen LogP contribution in [0.1, 0.15) is 25.7 Å². The molecule has 2 unspecified atom stereocenters. The summed E-state index contributed by atoms with van der Waals surface area (Å²) in [6.07, 6.45) is 5.74. The summed E-state index contributed by atoms with van der Waals surface area (Å²) in [6, 6.07) is 0. The summed E-state index contributed by atoms with van der Waals surface area (Å²) in [7, 11) is 4.46. The van der Waals surface area contributed by atoms with Gasteiger partial charge in [0.1, 0.15) is 0 Å². The summed E-state index contributed by atoms with van der Waals surface area (Å²) < 4.78 is 5.91. The quantitative estimate of drug-likeness (QED) is 0.788. The van der Waals surface area contributed by atoms with Crippen LogP contribution < -0.4 is 5.73 Å². The predicted octanol–water partition coefficient (Wildman–Crippen LogP) is 0.766. The first-order chi connectivity index (χ1) is 8.67. The van der Waals surface area contributed by atoms with Crippen LogP contribution in [-0.2, 0) is 4.74 Å². The smallest absolute Gasteiger partial charge is 0.0707 e. The van der Waals surface area contributed by atoms with E-state index in [4.69, 9.17) is 10.5 Å². The number of nitrogens with two attached hydrogens (primary N) is 1. The fraction of sp³-hybridized carbons (Fsp3) is 1.00. The van der Waals surface area contributed by atoms with Crippen molar-refractivity contribution < 1.29 is 4.74 Å². The third kappa shape index (κ3) is 4.19. The van der Waals surface area contributed by atoms with Crippen LogP contribution >= 0.6 is 0 Å². The highest BCUT2D eigenvalue weighted by atomic mass is 16.5. The number of hydrogen-bond donors (Lipinski definition) is 1. The Hall–Kier alpha value is -0.160. The van der Waals surface area contributed by atoms with Crippen molar-refractivity contribution in [3.05, 3.63) is 0 Å². The lowest BCUT2D eigenvalue weighted by molar-refractivity contribution is 0.0275. The van der Waals surface area contributed by atoms with Crippen LogP contribution in [0.2, 0.25) is 0 Å². The van der Waals surface area contributed by atoms with Crippen LogP contribution in [0.25, 0.3) is 0 Å². The van der Waals surface area contributed by atoms with Crippen molar-refractivity contribution in [2.75, 3.05) is 46.8 Å². The van der Waals surface area contributed by atoms with Crippen LogP contribution in [0.3, 0.4) is 0 Å². The fourth-order valence-electron chi connectivity index (χ4n) is 3.20. The number of ether oxygens (including phenoxy) is 1. The Morgan fingerprint density at radius 3 is 2.39 bits per heavy atom. The zero-order chi connectivity index (χ0) is 13.0. The van der Waals surface area contributed by atoms with E-state index in [1.807, 2.05) is 0 Å². The van der Waals surface area contributed by atoms with Gasteiger partial charge in [-0.3, -0.25) is 0 Å². The largest absolute Gasteiger partial charge is 0.372 e. The van der Waals surface area contributed by atoms with Gasteiger partial charge in [-0.25, -0.2) is 0 Å². The molecule has 2 aliphatic heterocycles. The average molecular weight is 255 g/mol. The van der Waals surface area contributed by atoms with E-state index in [-0.39, 0.29) is 0 Å². The molecule has 2 aliphatic rings. The van der Waals surface area contributed by atoms with Crippen LogP contribution in [0.5, 0.6) is 0 Å². The minimum absolute atomic E-state index is 0.312. The van der Waals surface area contributed by atoms with Crippen LogP contribution in [0.15, 0.2) is 0 Å². The standard InChI is InChI=1S/C14H29N3O/c1-16-7-5-12(6-8-16)10-17(2)11-14-4-3-13(9-15)18-14/h12-14H,3-11,15H2,1-2H3. The molecule has 0 aromatic rings. The molecular formula is C14H29N3O. The topological polar surface area (TPSA) is 41.7 Å². The van der Waals surface area contributed by atoms with Gasteiger partial charge < -0.3 is 20.3 Å². The molecule has 0 spiro atoms. The third-order valence-electron chi connectivity index (χ3n) is 4.38. The first-order valence-electron chi connectivity index (χ1n) is 7.40. The van der Waals surface area contributed by atoms with Gasteiger partial charge in [0.2, 0.25) is 0 Å². The van der Waals surface area contributed by atoms with Gasteiger partial charge in [0.05, 0.1) is 12.2 Å². The lowest BCUT2D eigenvalue weighted by atomic mass is 9.96. The maximum atomic E-state index is 5.91. The Balaban J connectivity index is 1.64. The average Bonchev–Trinajstić information content (AvgIpc) is 2.79. The van der Waals surface area contributed by atoms with Gasteiger partial charge in [-0.05, 0) is 58.8 Å². The number of nitrogens with zero attached hydrogens (tertiary/aromatic N) is 2. The molecule has 2 heterocycles. The Morgan fingerprint density at radius 2 is 1.78 bits per heavy atom. The molecule has 0 aromatic heterocycles. The molecule has 0 amide bonds. The molecule has 18 heavy (non-hydrogen) atoms. The second-order valence-corrected chi connectivity index (χ2v) is 6.16. The van der Waals surface area contributed by atoms with Crippen molar-refractivity contribution in [3.8, 4) is 0 Å². The van der Waals surface area contributed by atoms with Crippen LogP contribution in [0, 0.1) is 5.92 Å². The normalized spacial score (nSPS) is 31.3. The second kappa shape index (κ2) is 6.85. The molecule has 2 atom stereocenters. The number of likely N-dealkylation sites (tertiary alicyclic amines) is 1. The van der Waals surface area contributed by atoms with Crippen molar-refractivity contribution >= 4 is 0 Å². The monoisotopic (exact) mass is 255 g/mol. The summed E-state index contributed by atoms with van der Waals surface area (Å²) in [5, 5.41) is 0. The molecule has 4 heteroatoms. The van der Waals surface area contributed by atoms with E-state index in [0.29, 0.717) is 18.8 Å². The van der Waals surface area contributed by atoms with Gasteiger partial charge in [0.15, 0.2) is 0 Å². The molecule has 4 nitrogen and oxygen atoms in total. The van der Waals surface area contributed by atoms with E-state index in [1.54, 1.807) is 0 Å². The molecule has 0 aliphatic carbocycles. The van der Waals surface area contributed by atoms with E-state index in [0.717, 1.165) is 18.9 Å². The molecule has 2 saturated heterocycles. The van der Waals surface area contributed by atoms with Crippen molar-refractivity contribution in [1.82, 2.24) is 9.80 Å². The minimum atomic E-state index is 0.312. The highest BCUT2D eigenvalue weighted by molar-refractivity contribution is 4.78. The van der Waals surface area contributed by atoms with E-state index in [2.05, 4.69) is 23.9 Å². The Kier molecular flexibility index (Phi) is 5.42. The van der Waals surface area contributed by atoms with Gasteiger partial charge in [0, 0.05) is 19.6 Å². The first kappa shape index (κ1) is 14.3. The highest BCUT2D eigenvalue weighted by Crippen LogP contribution is 2.21. The Labute approximate surface area is 111 Å². The number of rotatable bonds is 5. The molecule has 2 N–H and O–H groups in total. The van der Waals surface area contributed by atoms with Gasteiger partial charge in [-0.15, -0.1) is 0 Å². The molecule has 2 rings (SSSR count). The summed E-state index contributed by atoms with van der Waals surface area (Å²) in [5.74, 6) is 0.873. The van der Waals surface area contributed by atoms with Crippen molar-refractivity contribution in [2.24, 2.45) is 11.7 Å². The van der Waals surface area contributed by atoms with Gasteiger partial charge in [-0.2, -0.15) is 0 Å². The molecular weight excluding hydrogens is 226 g/mol. The second-order valence-electron chi connectivity index (χ2n) is 6.16. The van der Waals surface area contributed by atoms with E-state index in [1.165, 1.54) is 38.9 Å². The van der Waals surface area contributed by atoms with Crippen molar-refractivity contribution in [3.63, 3.8) is 0 Å². The zero-order valence-corrected chi connectivity index (χ0v) is 12.0. The lowest BCUT2D eigenvalue weighted by Gasteiger charge is -2.32. The lowest BCUT2D eigenvalue weighted by Crippen LogP contribution is -2.38. The maximum Gasteiger partial charge on any atom is 0.0707 e. The molecule has 0 radical (unpaired) electrons. The van der Waals surface area contributed by atoms with Crippen molar-refractivity contribution in [2.45, 2.75) is 37.9 Å². The highest BCUT2D eigenvalue weighted by Gasteiger charge is 2.26. The van der Waals surface area contributed by atoms with Gasteiger partial charge in [-0.1, -0.05) is 0 Å². The maximum absolute atomic E-state index is 5.91.